The Bertz CT molecular complexity index is 509. The van der Waals surface area contributed by atoms with E-state index in [1.165, 1.54) is 12.1 Å². The Morgan fingerprint density at radius 3 is 2.70 bits per heavy atom. The molecule has 1 heterocycles. The summed E-state index contributed by atoms with van der Waals surface area (Å²) in [6, 6.07) is 2.85. The molecule has 0 aromatic carbocycles. The van der Waals surface area contributed by atoms with Crippen LogP contribution in [0, 0.1) is 16.0 Å². The van der Waals surface area contributed by atoms with Crippen LogP contribution in [-0.2, 0) is 0 Å². The van der Waals surface area contributed by atoms with Crippen molar-refractivity contribution in [2.45, 2.75) is 38.1 Å². The van der Waals surface area contributed by atoms with Gasteiger partial charge in [0.05, 0.1) is 15.3 Å². The molecule has 110 valence electrons. The molecule has 1 fully saturated rings. The van der Waals surface area contributed by atoms with Crippen LogP contribution in [0.4, 0.5) is 5.00 Å². The average molecular weight is 317 g/mol. The van der Waals surface area contributed by atoms with E-state index in [1.807, 2.05) is 0 Å². The summed E-state index contributed by atoms with van der Waals surface area (Å²) in [5.41, 5.74) is -0.371. The summed E-state index contributed by atoms with van der Waals surface area (Å²) in [5.74, 6) is 0.767. The highest BCUT2D eigenvalue weighted by Crippen LogP contribution is 2.33. The van der Waals surface area contributed by atoms with Crippen molar-refractivity contribution in [3.05, 3.63) is 27.1 Å². The molecule has 1 aromatic rings. The molecule has 1 amide bonds. The van der Waals surface area contributed by atoms with Crippen molar-refractivity contribution in [3.63, 3.8) is 0 Å². The lowest BCUT2D eigenvalue weighted by molar-refractivity contribution is -0.380. The van der Waals surface area contributed by atoms with Crippen molar-refractivity contribution in [2.24, 2.45) is 5.92 Å². The van der Waals surface area contributed by atoms with Crippen LogP contribution >= 0.6 is 22.9 Å². The quantitative estimate of drug-likeness (QED) is 0.524. The standard InChI is InChI=1S/C13H17ClN2O3S/c1-9-4-6-13(8-14,7-5-9)15-12(17)10-2-3-11(20-10)16(18)19/h2-3,9H,4-8H2,1H3,(H,15,17). The maximum absolute atomic E-state index is 12.2. The van der Waals surface area contributed by atoms with Gasteiger partial charge in [-0.2, -0.15) is 0 Å². The number of thiophene rings is 1. The van der Waals surface area contributed by atoms with Crippen molar-refractivity contribution in [3.8, 4) is 0 Å². The summed E-state index contributed by atoms with van der Waals surface area (Å²) in [7, 11) is 0. The molecule has 0 aliphatic heterocycles. The number of hydrogen-bond donors (Lipinski definition) is 1. The molecule has 0 unspecified atom stereocenters. The predicted octanol–water partition coefficient (Wildman–Crippen LogP) is 3.57. The molecule has 0 radical (unpaired) electrons. The lowest BCUT2D eigenvalue weighted by Crippen LogP contribution is -2.52. The van der Waals surface area contributed by atoms with Gasteiger partial charge in [-0.05, 0) is 37.7 Å². The Labute approximate surface area is 126 Å². The summed E-state index contributed by atoms with van der Waals surface area (Å²) in [5, 5.41) is 13.6. The van der Waals surface area contributed by atoms with Crippen molar-refractivity contribution in [1.29, 1.82) is 0 Å². The van der Waals surface area contributed by atoms with Crippen LogP contribution in [0.1, 0.15) is 42.3 Å². The fraction of sp³-hybridized carbons (Fsp3) is 0.615. The van der Waals surface area contributed by atoms with Crippen molar-refractivity contribution < 1.29 is 9.72 Å². The number of alkyl halides is 1. The highest BCUT2D eigenvalue weighted by Gasteiger charge is 2.35. The minimum Gasteiger partial charge on any atom is -0.345 e. The van der Waals surface area contributed by atoms with Crippen LogP contribution in [0.15, 0.2) is 12.1 Å². The molecule has 0 spiro atoms. The van der Waals surface area contributed by atoms with E-state index in [0.717, 1.165) is 37.0 Å². The summed E-state index contributed by atoms with van der Waals surface area (Å²) in [6.45, 7) is 2.20. The van der Waals surface area contributed by atoms with Gasteiger partial charge >= 0.3 is 5.00 Å². The average Bonchev–Trinajstić information content (AvgIpc) is 2.92. The fourth-order valence-electron chi connectivity index (χ4n) is 2.46. The first kappa shape index (κ1) is 15.3. The number of halogens is 1. The largest absolute Gasteiger partial charge is 0.345 e. The summed E-state index contributed by atoms with van der Waals surface area (Å²) in [4.78, 5) is 22.7. The lowest BCUT2D eigenvalue weighted by atomic mass is 9.78. The molecular formula is C13H17ClN2O3S. The maximum Gasteiger partial charge on any atom is 0.324 e. The van der Waals surface area contributed by atoms with Gasteiger partial charge in [-0.1, -0.05) is 18.3 Å². The SMILES string of the molecule is CC1CCC(CCl)(NC(=O)c2ccc([N+](=O)[O-])s2)CC1. The number of carbonyl (C=O) groups is 1. The molecule has 2 rings (SSSR count). The summed E-state index contributed by atoms with van der Waals surface area (Å²) in [6.07, 6.45) is 3.79. The van der Waals surface area contributed by atoms with E-state index in [1.54, 1.807) is 0 Å². The van der Waals surface area contributed by atoms with Gasteiger partial charge in [-0.15, -0.1) is 11.6 Å². The fourth-order valence-corrected chi connectivity index (χ4v) is 3.51. The van der Waals surface area contributed by atoms with Crippen LogP contribution in [0.2, 0.25) is 0 Å². The Balaban J connectivity index is 2.07. The molecule has 7 heteroatoms. The van der Waals surface area contributed by atoms with Gasteiger partial charge in [0.1, 0.15) is 0 Å². The van der Waals surface area contributed by atoms with E-state index in [2.05, 4.69) is 12.2 Å². The Morgan fingerprint density at radius 1 is 1.55 bits per heavy atom. The van der Waals surface area contributed by atoms with Gasteiger partial charge in [0, 0.05) is 11.9 Å². The van der Waals surface area contributed by atoms with Gasteiger partial charge in [0.15, 0.2) is 0 Å². The molecule has 1 N–H and O–H groups in total. The van der Waals surface area contributed by atoms with Gasteiger partial charge in [0.25, 0.3) is 5.91 Å². The molecule has 1 aliphatic carbocycles. The zero-order chi connectivity index (χ0) is 14.8. The van der Waals surface area contributed by atoms with Gasteiger partial charge in [-0.3, -0.25) is 14.9 Å². The first-order chi connectivity index (χ1) is 9.46. The van der Waals surface area contributed by atoms with Crippen LogP contribution in [0.3, 0.4) is 0 Å². The minimum atomic E-state index is -0.485. The Hall–Kier alpha value is -1.14. The van der Waals surface area contributed by atoms with Gasteiger partial charge < -0.3 is 5.32 Å². The zero-order valence-corrected chi connectivity index (χ0v) is 12.8. The molecule has 0 atom stereocenters. The Morgan fingerprint density at radius 2 is 2.20 bits per heavy atom. The number of hydrogen-bond acceptors (Lipinski definition) is 4. The molecular weight excluding hydrogens is 300 g/mol. The molecule has 1 aromatic heterocycles. The van der Waals surface area contributed by atoms with Crippen molar-refractivity contribution in [2.75, 3.05) is 5.88 Å². The second kappa shape index (κ2) is 6.10. The first-order valence-electron chi connectivity index (χ1n) is 6.58. The van der Waals surface area contributed by atoms with E-state index < -0.39 is 4.92 Å². The van der Waals surface area contributed by atoms with Gasteiger partial charge in [0.2, 0.25) is 0 Å². The van der Waals surface area contributed by atoms with Crippen molar-refractivity contribution >= 4 is 33.8 Å². The third-order valence-corrected chi connectivity index (χ3v) is 5.41. The minimum absolute atomic E-state index is 0.0210. The van der Waals surface area contributed by atoms with E-state index >= 15 is 0 Å². The number of carbonyl (C=O) groups excluding carboxylic acids is 1. The van der Waals surface area contributed by atoms with E-state index in [4.69, 9.17) is 11.6 Å². The highest BCUT2D eigenvalue weighted by molar-refractivity contribution is 7.17. The molecule has 1 saturated carbocycles. The number of rotatable bonds is 4. The first-order valence-corrected chi connectivity index (χ1v) is 7.93. The molecule has 0 saturated heterocycles. The van der Waals surface area contributed by atoms with Crippen LogP contribution in [0.25, 0.3) is 0 Å². The second-order valence-corrected chi connectivity index (χ2v) is 6.78. The lowest BCUT2D eigenvalue weighted by Gasteiger charge is -2.38. The third kappa shape index (κ3) is 3.30. The summed E-state index contributed by atoms with van der Waals surface area (Å²) >= 11 is 6.95. The van der Waals surface area contributed by atoms with E-state index in [0.29, 0.717) is 16.7 Å². The van der Waals surface area contributed by atoms with Gasteiger partial charge in [-0.25, -0.2) is 0 Å². The number of amides is 1. The zero-order valence-electron chi connectivity index (χ0n) is 11.2. The number of nitrogens with one attached hydrogen (secondary N) is 1. The normalized spacial score (nSPS) is 26.2. The number of nitro groups is 1. The monoisotopic (exact) mass is 316 g/mol. The van der Waals surface area contributed by atoms with E-state index in [-0.39, 0.29) is 16.4 Å². The predicted molar refractivity (Wildman–Crippen MR) is 79.5 cm³/mol. The van der Waals surface area contributed by atoms with E-state index in [9.17, 15) is 14.9 Å². The maximum atomic E-state index is 12.2. The topological polar surface area (TPSA) is 72.2 Å². The highest BCUT2D eigenvalue weighted by atomic mass is 35.5. The van der Waals surface area contributed by atoms with Crippen LogP contribution < -0.4 is 5.32 Å². The van der Waals surface area contributed by atoms with Crippen molar-refractivity contribution in [1.82, 2.24) is 5.32 Å². The Kier molecular flexibility index (Phi) is 4.65. The molecule has 0 bridgehead atoms. The van der Waals surface area contributed by atoms with Crippen LogP contribution in [-0.4, -0.2) is 22.2 Å². The van der Waals surface area contributed by atoms with Crippen LogP contribution in [0.5, 0.6) is 0 Å². The smallest absolute Gasteiger partial charge is 0.324 e. The summed E-state index contributed by atoms with van der Waals surface area (Å²) < 4.78 is 0. The second-order valence-electron chi connectivity index (χ2n) is 5.45. The molecule has 20 heavy (non-hydrogen) atoms. The molecule has 5 nitrogen and oxygen atoms in total. The number of nitrogens with zero attached hydrogens (tertiary/aromatic N) is 1. The molecule has 1 aliphatic rings. The third-order valence-electron chi connectivity index (χ3n) is 3.86.